The molecular formula is C18H30N2. The molecule has 2 rings (SSSR count). The van der Waals surface area contributed by atoms with Crippen LogP contribution in [0.2, 0.25) is 0 Å². The van der Waals surface area contributed by atoms with Crippen molar-refractivity contribution in [3.8, 4) is 0 Å². The minimum absolute atomic E-state index is 0.982. The lowest BCUT2D eigenvalue weighted by Crippen LogP contribution is -2.33. The molecule has 2 heteroatoms. The van der Waals surface area contributed by atoms with Crippen LogP contribution < -0.4 is 5.32 Å². The summed E-state index contributed by atoms with van der Waals surface area (Å²) in [4.78, 5) is 2.64. The molecule has 1 aliphatic heterocycles. The van der Waals surface area contributed by atoms with Gasteiger partial charge in [-0.25, -0.2) is 0 Å². The zero-order valence-corrected chi connectivity index (χ0v) is 13.2. The Morgan fingerprint density at radius 1 is 1.15 bits per heavy atom. The fourth-order valence-electron chi connectivity index (χ4n) is 3.30. The lowest BCUT2D eigenvalue weighted by Gasteiger charge is -2.32. The van der Waals surface area contributed by atoms with E-state index < -0.39 is 0 Å². The second-order valence-corrected chi connectivity index (χ2v) is 6.13. The van der Waals surface area contributed by atoms with E-state index in [2.05, 4.69) is 41.4 Å². The smallest absolute Gasteiger partial charge is 0.0236 e. The zero-order chi connectivity index (χ0) is 14.2. The first-order valence-corrected chi connectivity index (χ1v) is 8.27. The van der Waals surface area contributed by atoms with Crippen LogP contribution in [0.1, 0.15) is 43.7 Å². The minimum atomic E-state index is 0.982. The second kappa shape index (κ2) is 8.43. The van der Waals surface area contributed by atoms with Gasteiger partial charge >= 0.3 is 0 Å². The summed E-state index contributed by atoms with van der Waals surface area (Å²) in [6.45, 7) is 7.08. The molecule has 112 valence electrons. The largest absolute Gasteiger partial charge is 0.319 e. The number of nitrogens with one attached hydrogen (secondary N) is 1. The predicted molar refractivity (Wildman–Crippen MR) is 87.0 cm³/mol. The van der Waals surface area contributed by atoms with Gasteiger partial charge in [-0.15, -0.1) is 0 Å². The third-order valence-electron chi connectivity index (χ3n) is 4.56. The number of likely N-dealkylation sites (tertiary alicyclic amines) is 1. The number of hydrogen-bond donors (Lipinski definition) is 1. The Kier molecular flexibility index (Phi) is 6.55. The highest BCUT2D eigenvalue weighted by Gasteiger charge is 2.18. The summed E-state index contributed by atoms with van der Waals surface area (Å²) in [6, 6.07) is 8.95. The molecule has 1 aromatic rings. The van der Waals surface area contributed by atoms with Crippen LogP contribution in [-0.4, -0.2) is 31.6 Å². The van der Waals surface area contributed by atoms with E-state index in [1.54, 1.807) is 0 Å². The van der Waals surface area contributed by atoms with E-state index in [0.29, 0.717) is 0 Å². The van der Waals surface area contributed by atoms with E-state index in [0.717, 1.165) is 25.4 Å². The SMILES string of the molecule is CCCC1CCN(Cc2ccccc2CCNC)CC1. The van der Waals surface area contributed by atoms with Crippen LogP contribution >= 0.6 is 0 Å². The van der Waals surface area contributed by atoms with Crippen molar-refractivity contribution in [2.24, 2.45) is 5.92 Å². The quantitative estimate of drug-likeness (QED) is 0.819. The molecule has 2 nitrogen and oxygen atoms in total. The van der Waals surface area contributed by atoms with Crippen LogP contribution in [0.15, 0.2) is 24.3 Å². The molecule has 0 radical (unpaired) electrons. The number of piperidine rings is 1. The van der Waals surface area contributed by atoms with Crippen LogP contribution in [0.3, 0.4) is 0 Å². The molecule has 0 aromatic heterocycles. The van der Waals surface area contributed by atoms with Gasteiger partial charge in [-0.2, -0.15) is 0 Å². The topological polar surface area (TPSA) is 15.3 Å². The molecular weight excluding hydrogens is 244 g/mol. The lowest BCUT2D eigenvalue weighted by atomic mass is 9.92. The van der Waals surface area contributed by atoms with E-state index in [-0.39, 0.29) is 0 Å². The maximum atomic E-state index is 3.25. The third-order valence-corrected chi connectivity index (χ3v) is 4.56. The van der Waals surface area contributed by atoms with Crippen molar-refractivity contribution in [1.82, 2.24) is 10.2 Å². The van der Waals surface area contributed by atoms with Gasteiger partial charge in [-0.05, 0) is 63.0 Å². The fourth-order valence-corrected chi connectivity index (χ4v) is 3.30. The number of hydrogen-bond acceptors (Lipinski definition) is 2. The Labute approximate surface area is 124 Å². The summed E-state index contributed by atoms with van der Waals surface area (Å²) in [5, 5.41) is 3.25. The van der Waals surface area contributed by atoms with Crippen LogP contribution in [-0.2, 0) is 13.0 Å². The summed E-state index contributed by atoms with van der Waals surface area (Å²) >= 11 is 0. The average molecular weight is 274 g/mol. The van der Waals surface area contributed by atoms with E-state index in [1.807, 2.05) is 7.05 Å². The van der Waals surface area contributed by atoms with Gasteiger partial charge in [0.1, 0.15) is 0 Å². The summed E-state index contributed by atoms with van der Waals surface area (Å²) < 4.78 is 0. The molecule has 20 heavy (non-hydrogen) atoms. The van der Waals surface area contributed by atoms with Crippen molar-refractivity contribution in [3.63, 3.8) is 0 Å². The van der Waals surface area contributed by atoms with Gasteiger partial charge in [0, 0.05) is 6.54 Å². The Balaban J connectivity index is 1.87. The summed E-state index contributed by atoms with van der Waals surface area (Å²) in [7, 11) is 2.03. The number of benzene rings is 1. The standard InChI is InChI=1S/C18H30N2/c1-3-6-16-10-13-20(14-11-16)15-18-8-5-4-7-17(18)9-12-19-2/h4-5,7-8,16,19H,3,6,9-15H2,1-2H3. The van der Waals surface area contributed by atoms with Gasteiger partial charge in [0.2, 0.25) is 0 Å². The molecule has 1 aromatic carbocycles. The molecule has 0 unspecified atom stereocenters. The summed E-state index contributed by atoms with van der Waals surface area (Å²) in [6.07, 6.45) is 6.70. The Morgan fingerprint density at radius 2 is 1.85 bits per heavy atom. The molecule has 1 N–H and O–H groups in total. The van der Waals surface area contributed by atoms with Crippen molar-refractivity contribution in [2.45, 2.75) is 45.6 Å². The predicted octanol–water partition coefficient (Wildman–Crippen LogP) is 3.46. The van der Waals surface area contributed by atoms with Gasteiger partial charge in [0.05, 0.1) is 0 Å². The van der Waals surface area contributed by atoms with E-state index in [1.165, 1.54) is 49.9 Å². The lowest BCUT2D eigenvalue weighted by molar-refractivity contribution is 0.171. The highest BCUT2D eigenvalue weighted by Crippen LogP contribution is 2.23. The molecule has 1 fully saturated rings. The molecule has 1 aliphatic rings. The number of nitrogens with zero attached hydrogens (tertiary/aromatic N) is 1. The minimum Gasteiger partial charge on any atom is -0.319 e. The maximum absolute atomic E-state index is 3.25. The molecule has 0 atom stereocenters. The van der Waals surface area contributed by atoms with Crippen LogP contribution in [0.5, 0.6) is 0 Å². The van der Waals surface area contributed by atoms with E-state index in [9.17, 15) is 0 Å². The van der Waals surface area contributed by atoms with Crippen molar-refractivity contribution >= 4 is 0 Å². The highest BCUT2D eigenvalue weighted by atomic mass is 15.1. The monoisotopic (exact) mass is 274 g/mol. The molecule has 0 bridgehead atoms. The molecule has 0 amide bonds. The van der Waals surface area contributed by atoms with Crippen LogP contribution in [0.25, 0.3) is 0 Å². The first-order valence-electron chi connectivity index (χ1n) is 8.27. The molecule has 0 saturated carbocycles. The Morgan fingerprint density at radius 3 is 2.50 bits per heavy atom. The van der Waals surface area contributed by atoms with E-state index in [4.69, 9.17) is 0 Å². The Hall–Kier alpha value is -0.860. The van der Waals surface area contributed by atoms with Crippen molar-refractivity contribution < 1.29 is 0 Å². The molecule has 1 saturated heterocycles. The molecule has 0 spiro atoms. The number of likely N-dealkylation sites (N-methyl/N-ethyl adjacent to an activating group) is 1. The van der Waals surface area contributed by atoms with Gasteiger partial charge in [-0.1, -0.05) is 44.0 Å². The van der Waals surface area contributed by atoms with Crippen molar-refractivity contribution in [2.75, 3.05) is 26.7 Å². The third kappa shape index (κ3) is 4.60. The Bertz CT molecular complexity index is 381. The van der Waals surface area contributed by atoms with Crippen molar-refractivity contribution in [3.05, 3.63) is 35.4 Å². The van der Waals surface area contributed by atoms with Crippen molar-refractivity contribution in [1.29, 1.82) is 0 Å². The van der Waals surface area contributed by atoms with Gasteiger partial charge in [0.25, 0.3) is 0 Å². The summed E-state index contributed by atoms with van der Waals surface area (Å²) in [5.41, 5.74) is 3.04. The molecule has 0 aliphatic carbocycles. The van der Waals surface area contributed by atoms with Gasteiger partial charge in [-0.3, -0.25) is 4.90 Å². The fraction of sp³-hybridized carbons (Fsp3) is 0.667. The first-order chi connectivity index (χ1) is 9.83. The zero-order valence-electron chi connectivity index (χ0n) is 13.2. The summed E-state index contributed by atoms with van der Waals surface area (Å²) in [5.74, 6) is 0.982. The van der Waals surface area contributed by atoms with E-state index >= 15 is 0 Å². The highest BCUT2D eigenvalue weighted by molar-refractivity contribution is 5.27. The normalized spacial score (nSPS) is 17.5. The van der Waals surface area contributed by atoms with Crippen LogP contribution in [0, 0.1) is 5.92 Å². The molecule has 1 heterocycles. The maximum Gasteiger partial charge on any atom is 0.0236 e. The van der Waals surface area contributed by atoms with Gasteiger partial charge < -0.3 is 5.32 Å². The average Bonchev–Trinajstić information content (AvgIpc) is 2.49. The second-order valence-electron chi connectivity index (χ2n) is 6.13. The number of rotatable bonds is 7. The van der Waals surface area contributed by atoms with Crippen LogP contribution in [0.4, 0.5) is 0 Å². The van der Waals surface area contributed by atoms with Gasteiger partial charge in [0.15, 0.2) is 0 Å². The first kappa shape index (κ1) is 15.5.